The summed E-state index contributed by atoms with van der Waals surface area (Å²) in [5, 5.41) is 2.18. The number of carbonyl (C=O) groups is 1. The topological polar surface area (TPSA) is 44.8 Å². The molecule has 21 heavy (non-hydrogen) atoms. The zero-order valence-electron chi connectivity index (χ0n) is 12.0. The molecule has 1 amide bonds. The van der Waals surface area contributed by atoms with Crippen LogP contribution in [0.3, 0.4) is 0 Å². The first-order valence-corrected chi connectivity index (χ1v) is 7.33. The minimum Gasteiger partial charge on any atom is -0.379 e. The summed E-state index contributed by atoms with van der Waals surface area (Å²) in [6.45, 7) is 3.16. The van der Waals surface area contributed by atoms with Crippen LogP contribution in [0.4, 0.5) is 13.2 Å². The third kappa shape index (κ3) is 5.44. The highest BCUT2D eigenvalue weighted by molar-refractivity contribution is 5.78. The smallest absolute Gasteiger partial charge is 0.379 e. The molecule has 8 heteroatoms. The predicted molar refractivity (Wildman–Crippen MR) is 70.9 cm³/mol. The Hall–Kier alpha value is -0.860. The van der Waals surface area contributed by atoms with E-state index in [0.29, 0.717) is 19.8 Å². The Bertz CT molecular complexity index is 346. The van der Waals surface area contributed by atoms with Gasteiger partial charge in [0.2, 0.25) is 5.91 Å². The van der Waals surface area contributed by atoms with Crippen molar-refractivity contribution >= 4 is 5.91 Å². The van der Waals surface area contributed by atoms with Crippen molar-refractivity contribution in [2.75, 3.05) is 52.5 Å². The number of nitrogens with one attached hydrogen (secondary N) is 1. The van der Waals surface area contributed by atoms with Gasteiger partial charge in [-0.3, -0.25) is 9.69 Å². The number of alkyl halides is 3. The van der Waals surface area contributed by atoms with Crippen LogP contribution in [0.15, 0.2) is 0 Å². The summed E-state index contributed by atoms with van der Waals surface area (Å²) in [7, 11) is 0. The van der Waals surface area contributed by atoms with Crippen LogP contribution in [-0.4, -0.2) is 80.4 Å². The fourth-order valence-electron chi connectivity index (χ4n) is 2.85. The lowest BCUT2D eigenvalue weighted by Crippen LogP contribution is -2.49. The number of carbonyl (C=O) groups excluding carboxylic acids is 1. The van der Waals surface area contributed by atoms with Gasteiger partial charge < -0.3 is 15.0 Å². The summed E-state index contributed by atoms with van der Waals surface area (Å²) in [4.78, 5) is 16.0. The highest BCUT2D eigenvalue weighted by Gasteiger charge is 2.31. The van der Waals surface area contributed by atoms with Crippen LogP contribution >= 0.6 is 0 Å². The van der Waals surface area contributed by atoms with Crippen molar-refractivity contribution < 1.29 is 22.7 Å². The number of morpholine rings is 1. The lowest BCUT2D eigenvalue weighted by atomic mass is 10.2. The van der Waals surface area contributed by atoms with Crippen molar-refractivity contribution in [3.63, 3.8) is 0 Å². The van der Waals surface area contributed by atoms with E-state index in [0.717, 1.165) is 32.5 Å². The van der Waals surface area contributed by atoms with Gasteiger partial charge in [0.25, 0.3) is 0 Å². The Labute approximate surface area is 122 Å². The summed E-state index contributed by atoms with van der Waals surface area (Å²) in [6.07, 6.45) is -2.44. The molecule has 2 fully saturated rings. The van der Waals surface area contributed by atoms with Crippen molar-refractivity contribution in [1.82, 2.24) is 15.1 Å². The molecule has 0 radical (unpaired) electrons. The third-order valence-electron chi connectivity index (χ3n) is 3.87. The minimum atomic E-state index is -4.28. The van der Waals surface area contributed by atoms with E-state index in [9.17, 15) is 18.0 Å². The van der Waals surface area contributed by atoms with Crippen molar-refractivity contribution in [3.8, 4) is 0 Å². The molecule has 2 aliphatic rings. The predicted octanol–water partition coefficient (Wildman–Crippen LogP) is 0.462. The molecule has 0 bridgehead atoms. The zero-order chi connectivity index (χ0) is 15.3. The van der Waals surface area contributed by atoms with Crippen LogP contribution in [0.5, 0.6) is 0 Å². The molecule has 5 nitrogen and oxygen atoms in total. The van der Waals surface area contributed by atoms with E-state index in [1.54, 1.807) is 4.90 Å². The van der Waals surface area contributed by atoms with Gasteiger partial charge in [0.1, 0.15) is 0 Å². The Morgan fingerprint density at radius 1 is 1.24 bits per heavy atom. The number of nitrogens with zero attached hydrogens (tertiary/aromatic N) is 2. The molecule has 0 aromatic carbocycles. The van der Waals surface area contributed by atoms with Crippen molar-refractivity contribution in [1.29, 1.82) is 0 Å². The van der Waals surface area contributed by atoms with Crippen LogP contribution in [0.2, 0.25) is 0 Å². The first-order chi connectivity index (χ1) is 9.96. The maximum absolute atomic E-state index is 12.1. The maximum atomic E-state index is 12.1. The molecular formula is C13H22F3N3O2. The second-order valence-corrected chi connectivity index (χ2v) is 5.51. The Morgan fingerprint density at radius 2 is 1.95 bits per heavy atom. The monoisotopic (exact) mass is 309 g/mol. The molecule has 2 saturated heterocycles. The average Bonchev–Trinajstić information content (AvgIpc) is 2.86. The molecule has 2 heterocycles. The molecule has 0 aromatic rings. The van der Waals surface area contributed by atoms with Gasteiger partial charge in [-0.1, -0.05) is 0 Å². The third-order valence-corrected chi connectivity index (χ3v) is 3.87. The van der Waals surface area contributed by atoms with E-state index in [-0.39, 0.29) is 18.5 Å². The molecule has 2 rings (SSSR count). The molecule has 122 valence electrons. The first-order valence-electron chi connectivity index (χ1n) is 7.33. The average molecular weight is 309 g/mol. The summed E-state index contributed by atoms with van der Waals surface area (Å²) in [5.41, 5.74) is 0. The van der Waals surface area contributed by atoms with E-state index in [1.807, 2.05) is 0 Å². The van der Waals surface area contributed by atoms with E-state index < -0.39 is 12.7 Å². The van der Waals surface area contributed by atoms with Gasteiger partial charge in [-0.25, -0.2) is 0 Å². The number of halogens is 3. The number of rotatable bonds is 5. The fraction of sp³-hybridized carbons (Fsp3) is 0.923. The number of likely N-dealkylation sites (tertiary alicyclic amines) is 1. The molecular weight excluding hydrogens is 287 g/mol. The van der Waals surface area contributed by atoms with Gasteiger partial charge in [-0.2, -0.15) is 13.2 Å². The largest absolute Gasteiger partial charge is 0.401 e. The molecule has 0 unspecified atom stereocenters. The number of amides is 1. The summed E-state index contributed by atoms with van der Waals surface area (Å²) < 4.78 is 41.5. The number of hydrogen-bond donors (Lipinski definition) is 1. The van der Waals surface area contributed by atoms with Crippen molar-refractivity contribution in [2.24, 2.45) is 0 Å². The lowest BCUT2D eigenvalue weighted by Gasteiger charge is -2.33. The van der Waals surface area contributed by atoms with Crippen LogP contribution in [0, 0.1) is 0 Å². The van der Waals surface area contributed by atoms with E-state index in [1.165, 1.54) is 0 Å². The Morgan fingerprint density at radius 3 is 2.62 bits per heavy atom. The summed E-state index contributed by atoms with van der Waals surface area (Å²) in [5.74, 6) is -0.241. The summed E-state index contributed by atoms with van der Waals surface area (Å²) in [6, 6.07) is 0.114. The van der Waals surface area contributed by atoms with Gasteiger partial charge in [0.15, 0.2) is 0 Å². The molecule has 1 atom stereocenters. The number of ether oxygens (including phenoxy) is 1. The van der Waals surface area contributed by atoms with Gasteiger partial charge in [0, 0.05) is 32.2 Å². The molecule has 1 N–H and O–H groups in total. The standard InChI is InChI=1S/C13H22F3N3O2/c14-13(15,16)10-17-8-12(20)19-3-1-2-11(19)9-18-4-6-21-7-5-18/h11,17H,1-10H2/t11-/m1/s1. The van der Waals surface area contributed by atoms with E-state index in [4.69, 9.17) is 4.74 Å². The van der Waals surface area contributed by atoms with Crippen LogP contribution in [0.25, 0.3) is 0 Å². The van der Waals surface area contributed by atoms with Crippen LogP contribution in [-0.2, 0) is 9.53 Å². The second-order valence-electron chi connectivity index (χ2n) is 5.51. The van der Waals surface area contributed by atoms with E-state index in [2.05, 4.69) is 10.2 Å². The molecule has 2 aliphatic heterocycles. The quantitative estimate of drug-likeness (QED) is 0.801. The SMILES string of the molecule is O=C(CNCC(F)(F)F)N1CCC[C@@H]1CN1CCOCC1. The Balaban J connectivity index is 1.76. The second kappa shape index (κ2) is 7.42. The minimum absolute atomic E-state index is 0.114. The highest BCUT2D eigenvalue weighted by Crippen LogP contribution is 2.19. The normalized spacial score (nSPS) is 24.5. The van der Waals surface area contributed by atoms with Gasteiger partial charge in [0.05, 0.1) is 26.3 Å². The zero-order valence-corrected chi connectivity index (χ0v) is 12.0. The molecule has 0 aromatic heterocycles. The summed E-state index contributed by atoms with van der Waals surface area (Å²) >= 11 is 0. The van der Waals surface area contributed by atoms with Crippen LogP contribution in [0.1, 0.15) is 12.8 Å². The first kappa shape index (κ1) is 16.5. The molecule has 0 aliphatic carbocycles. The fourth-order valence-corrected chi connectivity index (χ4v) is 2.85. The van der Waals surface area contributed by atoms with Gasteiger partial charge >= 0.3 is 6.18 Å². The van der Waals surface area contributed by atoms with Crippen molar-refractivity contribution in [3.05, 3.63) is 0 Å². The van der Waals surface area contributed by atoms with Gasteiger partial charge in [-0.05, 0) is 12.8 Å². The molecule has 0 spiro atoms. The lowest BCUT2D eigenvalue weighted by molar-refractivity contribution is -0.135. The maximum Gasteiger partial charge on any atom is 0.401 e. The Kier molecular flexibility index (Phi) is 5.83. The van der Waals surface area contributed by atoms with E-state index >= 15 is 0 Å². The van der Waals surface area contributed by atoms with Crippen molar-refractivity contribution in [2.45, 2.75) is 25.1 Å². The van der Waals surface area contributed by atoms with Gasteiger partial charge in [-0.15, -0.1) is 0 Å². The highest BCUT2D eigenvalue weighted by atomic mass is 19.4. The number of hydrogen-bond acceptors (Lipinski definition) is 4. The molecule has 0 saturated carbocycles. The van der Waals surface area contributed by atoms with Crippen LogP contribution < -0.4 is 5.32 Å².